The number of carbonyl (C=O) groups is 1. The molecule has 4 rings (SSSR count). The summed E-state index contributed by atoms with van der Waals surface area (Å²) in [5.74, 6) is 1.06. The van der Waals surface area contributed by atoms with Crippen LogP contribution >= 0.6 is 46.3 Å². The van der Waals surface area contributed by atoms with Gasteiger partial charge in [0.25, 0.3) is 0 Å². The zero-order valence-electron chi connectivity index (χ0n) is 14.2. The Morgan fingerprint density at radius 2 is 2.15 bits per heavy atom. The van der Waals surface area contributed by atoms with Gasteiger partial charge in [0.15, 0.2) is 5.16 Å². The van der Waals surface area contributed by atoms with E-state index in [1.807, 2.05) is 6.07 Å². The molecule has 1 aromatic carbocycles. The molecule has 0 bridgehead atoms. The first-order chi connectivity index (χ1) is 13.1. The fraction of sp³-hybridized carbons (Fsp3) is 0.278. The van der Waals surface area contributed by atoms with Gasteiger partial charge in [-0.1, -0.05) is 41.0 Å². The molecule has 27 heavy (non-hydrogen) atoms. The quantitative estimate of drug-likeness (QED) is 0.508. The van der Waals surface area contributed by atoms with Gasteiger partial charge in [-0.15, -0.1) is 21.5 Å². The predicted octanol–water partition coefficient (Wildman–Crippen LogP) is 5.30. The first-order valence-electron chi connectivity index (χ1n) is 8.44. The maximum Gasteiger partial charge on any atom is 0.234 e. The van der Waals surface area contributed by atoms with Gasteiger partial charge in [-0.05, 0) is 42.5 Å². The molecule has 1 N–H and O–H groups in total. The van der Waals surface area contributed by atoms with E-state index in [0.29, 0.717) is 21.8 Å². The lowest BCUT2D eigenvalue weighted by molar-refractivity contribution is -0.113. The van der Waals surface area contributed by atoms with Crippen molar-refractivity contribution in [3.63, 3.8) is 0 Å². The number of hydrogen-bond acceptors (Lipinski definition) is 5. The molecule has 2 aromatic heterocycles. The number of hydrogen-bond donors (Lipinski definition) is 1. The Morgan fingerprint density at radius 1 is 1.30 bits per heavy atom. The summed E-state index contributed by atoms with van der Waals surface area (Å²) in [5.41, 5.74) is 0.550. The van der Waals surface area contributed by atoms with Crippen molar-refractivity contribution in [2.24, 2.45) is 0 Å². The minimum atomic E-state index is -0.144. The summed E-state index contributed by atoms with van der Waals surface area (Å²) in [7, 11) is 0. The molecular weight excluding hydrogens is 423 g/mol. The number of aromatic nitrogens is 3. The van der Waals surface area contributed by atoms with Crippen molar-refractivity contribution in [1.29, 1.82) is 0 Å². The second-order valence-electron chi connectivity index (χ2n) is 6.22. The Hall–Kier alpha value is -1.54. The number of carbonyl (C=O) groups excluding carboxylic acids is 1. The molecule has 3 aromatic rings. The highest BCUT2D eigenvalue weighted by Crippen LogP contribution is 2.39. The summed E-state index contributed by atoms with van der Waals surface area (Å²) < 4.78 is 2.19. The molecule has 1 aliphatic carbocycles. The number of benzene rings is 1. The number of nitrogens with one attached hydrogen (secondary N) is 1. The Labute approximate surface area is 175 Å². The molecule has 9 heteroatoms. The van der Waals surface area contributed by atoms with Crippen LogP contribution < -0.4 is 5.32 Å². The maximum atomic E-state index is 12.3. The van der Waals surface area contributed by atoms with E-state index in [2.05, 4.69) is 31.5 Å². The van der Waals surface area contributed by atoms with Crippen LogP contribution in [0.1, 0.15) is 29.6 Å². The Kier molecular flexibility index (Phi) is 5.73. The minimum Gasteiger partial charge on any atom is -0.324 e. The van der Waals surface area contributed by atoms with E-state index in [9.17, 15) is 4.79 Å². The summed E-state index contributed by atoms with van der Waals surface area (Å²) in [6.07, 6.45) is 3.04. The van der Waals surface area contributed by atoms with Gasteiger partial charge in [0, 0.05) is 22.4 Å². The third-order valence-corrected chi connectivity index (χ3v) is 6.46. The molecule has 0 atom stereocenters. The summed E-state index contributed by atoms with van der Waals surface area (Å²) >= 11 is 15.1. The van der Waals surface area contributed by atoms with E-state index in [0.717, 1.165) is 30.2 Å². The standard InChI is InChI=1S/C18H16Cl2N4OS2/c19-11-3-6-15(14(20)8-11)21-17(25)10-27-18-23-22-16(24(18)12-4-5-12)9-13-2-1-7-26-13/h1-3,6-8,12H,4-5,9-10H2,(H,21,25). The number of halogens is 2. The van der Waals surface area contributed by atoms with Gasteiger partial charge in [0.1, 0.15) is 5.82 Å². The SMILES string of the molecule is O=C(CSc1nnc(Cc2cccs2)n1C1CC1)Nc1ccc(Cl)cc1Cl. The molecule has 0 saturated heterocycles. The maximum absolute atomic E-state index is 12.3. The molecule has 2 heterocycles. The average Bonchev–Trinajstić information content (AvgIpc) is 3.19. The smallest absolute Gasteiger partial charge is 0.234 e. The van der Waals surface area contributed by atoms with Crippen LogP contribution in [0.15, 0.2) is 40.9 Å². The second kappa shape index (κ2) is 8.22. The van der Waals surface area contributed by atoms with Gasteiger partial charge in [-0.2, -0.15) is 0 Å². The molecule has 5 nitrogen and oxygen atoms in total. The average molecular weight is 439 g/mol. The molecular formula is C18H16Cl2N4OS2. The number of nitrogens with zero attached hydrogens (tertiary/aromatic N) is 3. The number of thioether (sulfide) groups is 1. The number of amides is 1. The monoisotopic (exact) mass is 438 g/mol. The Balaban J connectivity index is 1.42. The highest BCUT2D eigenvalue weighted by molar-refractivity contribution is 7.99. The number of thiophene rings is 1. The van der Waals surface area contributed by atoms with E-state index in [4.69, 9.17) is 23.2 Å². The van der Waals surface area contributed by atoms with Gasteiger partial charge in [-0.3, -0.25) is 4.79 Å². The molecule has 1 saturated carbocycles. The van der Waals surface area contributed by atoms with Crippen LogP contribution in [0.2, 0.25) is 10.0 Å². The highest BCUT2D eigenvalue weighted by Gasteiger charge is 2.30. The van der Waals surface area contributed by atoms with Crippen LogP contribution in [0.25, 0.3) is 0 Å². The molecule has 0 radical (unpaired) electrons. The van der Waals surface area contributed by atoms with Crippen molar-refractivity contribution in [3.05, 3.63) is 56.5 Å². The van der Waals surface area contributed by atoms with Crippen LogP contribution in [-0.2, 0) is 11.2 Å². The molecule has 0 spiro atoms. The van der Waals surface area contributed by atoms with Crippen LogP contribution in [0.4, 0.5) is 5.69 Å². The van der Waals surface area contributed by atoms with E-state index in [-0.39, 0.29) is 11.7 Å². The van der Waals surface area contributed by atoms with Gasteiger partial charge < -0.3 is 9.88 Å². The third kappa shape index (κ3) is 4.66. The second-order valence-corrected chi connectivity index (χ2v) is 9.04. The minimum absolute atomic E-state index is 0.144. The topological polar surface area (TPSA) is 59.8 Å². The largest absolute Gasteiger partial charge is 0.324 e. The van der Waals surface area contributed by atoms with Crippen molar-refractivity contribution in [2.75, 3.05) is 11.1 Å². The van der Waals surface area contributed by atoms with Crippen molar-refractivity contribution in [2.45, 2.75) is 30.5 Å². The van der Waals surface area contributed by atoms with Crippen LogP contribution in [0.5, 0.6) is 0 Å². The van der Waals surface area contributed by atoms with Crippen molar-refractivity contribution in [3.8, 4) is 0 Å². The van der Waals surface area contributed by atoms with Gasteiger partial charge >= 0.3 is 0 Å². The fourth-order valence-electron chi connectivity index (χ4n) is 2.70. The summed E-state index contributed by atoms with van der Waals surface area (Å²) in [6.45, 7) is 0. The lowest BCUT2D eigenvalue weighted by Gasteiger charge is -2.09. The first kappa shape index (κ1) is 18.8. The number of rotatable bonds is 7. The van der Waals surface area contributed by atoms with E-state index < -0.39 is 0 Å². The molecule has 0 unspecified atom stereocenters. The van der Waals surface area contributed by atoms with Crippen LogP contribution in [0.3, 0.4) is 0 Å². The number of anilines is 1. The van der Waals surface area contributed by atoms with E-state index in [1.54, 1.807) is 29.5 Å². The fourth-order valence-corrected chi connectivity index (χ4v) is 4.68. The predicted molar refractivity (Wildman–Crippen MR) is 111 cm³/mol. The molecule has 1 aliphatic rings. The Bertz CT molecular complexity index is 954. The summed E-state index contributed by atoms with van der Waals surface area (Å²) in [5, 5.41) is 15.3. The van der Waals surface area contributed by atoms with E-state index in [1.165, 1.54) is 16.6 Å². The summed E-state index contributed by atoms with van der Waals surface area (Å²) in [4.78, 5) is 13.6. The molecule has 1 amide bonds. The normalized spacial score (nSPS) is 13.7. The zero-order chi connectivity index (χ0) is 18.8. The van der Waals surface area contributed by atoms with Gasteiger partial charge in [-0.25, -0.2) is 0 Å². The highest BCUT2D eigenvalue weighted by atomic mass is 35.5. The Morgan fingerprint density at radius 3 is 2.85 bits per heavy atom. The lowest BCUT2D eigenvalue weighted by Crippen LogP contribution is -2.15. The molecule has 1 fully saturated rings. The molecule has 140 valence electrons. The molecule has 0 aliphatic heterocycles. The van der Waals surface area contributed by atoms with Crippen LogP contribution in [-0.4, -0.2) is 26.4 Å². The first-order valence-corrected chi connectivity index (χ1v) is 11.1. The zero-order valence-corrected chi connectivity index (χ0v) is 17.3. The van der Waals surface area contributed by atoms with Crippen molar-refractivity contribution >= 4 is 57.9 Å². The van der Waals surface area contributed by atoms with Crippen molar-refractivity contribution in [1.82, 2.24) is 14.8 Å². The van der Waals surface area contributed by atoms with Crippen LogP contribution in [0, 0.1) is 0 Å². The summed E-state index contributed by atoms with van der Waals surface area (Å²) in [6, 6.07) is 9.58. The lowest BCUT2D eigenvalue weighted by atomic mass is 10.3. The van der Waals surface area contributed by atoms with Gasteiger partial charge in [0.05, 0.1) is 16.5 Å². The van der Waals surface area contributed by atoms with Gasteiger partial charge in [0.2, 0.25) is 5.91 Å². The van der Waals surface area contributed by atoms with Crippen molar-refractivity contribution < 1.29 is 4.79 Å². The van der Waals surface area contributed by atoms with E-state index >= 15 is 0 Å². The third-order valence-electron chi connectivity index (χ3n) is 4.10.